The number of aromatic nitrogens is 1. The van der Waals surface area contributed by atoms with Gasteiger partial charge < -0.3 is 10.5 Å². The van der Waals surface area contributed by atoms with E-state index in [4.69, 9.17) is 10.5 Å². The van der Waals surface area contributed by atoms with E-state index in [0.29, 0.717) is 11.4 Å². The number of nitrogens with zero attached hydrogens (tertiary/aromatic N) is 1. The first-order valence-corrected chi connectivity index (χ1v) is 5.18. The molecule has 1 aromatic heterocycles. The van der Waals surface area contributed by atoms with E-state index >= 15 is 0 Å². The smallest absolute Gasteiger partial charge is 0.167 e. The number of nitrogen functional groups attached to an aromatic ring is 1. The molecular formula is C11H9BrN2O. The van der Waals surface area contributed by atoms with Crippen LogP contribution in [0.25, 0.3) is 0 Å². The van der Waals surface area contributed by atoms with E-state index in [9.17, 15) is 0 Å². The van der Waals surface area contributed by atoms with Gasteiger partial charge in [-0.3, -0.25) is 4.98 Å². The van der Waals surface area contributed by atoms with E-state index < -0.39 is 0 Å². The molecule has 2 rings (SSSR count). The minimum atomic E-state index is 0.508. The van der Waals surface area contributed by atoms with Crippen molar-refractivity contribution >= 4 is 21.6 Å². The summed E-state index contributed by atoms with van der Waals surface area (Å²) in [4.78, 5) is 3.93. The summed E-state index contributed by atoms with van der Waals surface area (Å²) in [5.74, 6) is 1.34. The molecule has 1 heterocycles. The van der Waals surface area contributed by atoms with Crippen LogP contribution >= 0.6 is 15.9 Å². The van der Waals surface area contributed by atoms with Crippen LogP contribution in [0.3, 0.4) is 0 Å². The SMILES string of the molecule is Nc1cncc(Br)c1Oc1ccccc1. The summed E-state index contributed by atoms with van der Waals surface area (Å²) >= 11 is 3.34. The lowest BCUT2D eigenvalue weighted by molar-refractivity contribution is 0.481. The molecule has 0 radical (unpaired) electrons. The van der Waals surface area contributed by atoms with Crippen molar-refractivity contribution in [2.75, 3.05) is 5.73 Å². The van der Waals surface area contributed by atoms with Gasteiger partial charge in [0.2, 0.25) is 0 Å². The summed E-state index contributed by atoms with van der Waals surface area (Å²) in [6.45, 7) is 0. The molecule has 4 heteroatoms. The Kier molecular flexibility index (Phi) is 2.87. The topological polar surface area (TPSA) is 48.1 Å². The van der Waals surface area contributed by atoms with Gasteiger partial charge in [0.1, 0.15) is 5.75 Å². The quantitative estimate of drug-likeness (QED) is 0.906. The maximum absolute atomic E-state index is 5.75. The van der Waals surface area contributed by atoms with Crippen LogP contribution in [-0.4, -0.2) is 4.98 Å². The van der Waals surface area contributed by atoms with Crippen molar-refractivity contribution in [1.82, 2.24) is 4.98 Å². The van der Waals surface area contributed by atoms with Gasteiger partial charge in [-0.25, -0.2) is 0 Å². The Hall–Kier alpha value is -1.55. The molecule has 0 spiro atoms. The van der Waals surface area contributed by atoms with Crippen molar-refractivity contribution in [1.29, 1.82) is 0 Å². The zero-order valence-corrected chi connectivity index (χ0v) is 9.44. The van der Waals surface area contributed by atoms with Gasteiger partial charge in [0.15, 0.2) is 5.75 Å². The molecule has 76 valence electrons. The molecule has 0 bridgehead atoms. The molecule has 1 aromatic carbocycles. The number of benzene rings is 1. The Morgan fingerprint density at radius 1 is 1.13 bits per heavy atom. The summed E-state index contributed by atoms with van der Waals surface area (Å²) in [7, 11) is 0. The maximum Gasteiger partial charge on any atom is 0.167 e. The van der Waals surface area contributed by atoms with Gasteiger partial charge in [0, 0.05) is 6.20 Å². The number of ether oxygens (including phenoxy) is 1. The summed E-state index contributed by atoms with van der Waals surface area (Å²) in [5.41, 5.74) is 6.26. The predicted molar refractivity (Wildman–Crippen MR) is 62.9 cm³/mol. The Morgan fingerprint density at radius 3 is 2.53 bits per heavy atom. The third kappa shape index (κ3) is 2.27. The monoisotopic (exact) mass is 264 g/mol. The average molecular weight is 265 g/mol. The Labute approximate surface area is 96.0 Å². The lowest BCUT2D eigenvalue weighted by Gasteiger charge is -2.09. The van der Waals surface area contributed by atoms with Crippen LogP contribution < -0.4 is 10.5 Å². The molecule has 0 aliphatic heterocycles. The van der Waals surface area contributed by atoms with E-state index in [1.54, 1.807) is 12.4 Å². The van der Waals surface area contributed by atoms with Gasteiger partial charge in [-0.15, -0.1) is 0 Å². The fraction of sp³-hybridized carbons (Fsp3) is 0. The van der Waals surface area contributed by atoms with Gasteiger partial charge in [-0.05, 0) is 28.1 Å². The van der Waals surface area contributed by atoms with Crippen molar-refractivity contribution < 1.29 is 4.74 Å². The second-order valence-electron chi connectivity index (χ2n) is 2.95. The average Bonchev–Trinajstić information content (AvgIpc) is 2.25. The van der Waals surface area contributed by atoms with E-state index in [0.717, 1.165) is 10.2 Å². The van der Waals surface area contributed by atoms with Gasteiger partial charge in [-0.2, -0.15) is 0 Å². The van der Waals surface area contributed by atoms with Gasteiger partial charge in [-0.1, -0.05) is 18.2 Å². The molecule has 0 atom stereocenters. The van der Waals surface area contributed by atoms with Crippen molar-refractivity contribution in [2.24, 2.45) is 0 Å². The molecule has 2 aromatic rings. The van der Waals surface area contributed by atoms with E-state index in [-0.39, 0.29) is 0 Å². The third-order valence-corrected chi connectivity index (χ3v) is 2.41. The lowest BCUT2D eigenvalue weighted by atomic mass is 10.3. The number of hydrogen-bond acceptors (Lipinski definition) is 3. The second-order valence-corrected chi connectivity index (χ2v) is 3.81. The predicted octanol–water partition coefficient (Wildman–Crippen LogP) is 3.22. The fourth-order valence-corrected chi connectivity index (χ4v) is 1.58. The number of halogens is 1. The van der Waals surface area contributed by atoms with Crippen LogP contribution in [0.5, 0.6) is 11.5 Å². The molecular weight excluding hydrogens is 256 g/mol. The first-order chi connectivity index (χ1) is 7.27. The summed E-state index contributed by atoms with van der Waals surface area (Å²) in [5, 5.41) is 0. The van der Waals surface area contributed by atoms with Crippen LogP contribution in [0.2, 0.25) is 0 Å². The van der Waals surface area contributed by atoms with Crippen LogP contribution in [0.4, 0.5) is 5.69 Å². The highest BCUT2D eigenvalue weighted by Gasteiger charge is 2.06. The molecule has 0 saturated heterocycles. The zero-order valence-electron chi connectivity index (χ0n) is 7.85. The molecule has 0 unspecified atom stereocenters. The summed E-state index contributed by atoms with van der Waals surface area (Å²) in [6, 6.07) is 9.47. The molecule has 0 aliphatic carbocycles. The van der Waals surface area contributed by atoms with Crippen molar-refractivity contribution in [3.63, 3.8) is 0 Å². The summed E-state index contributed by atoms with van der Waals surface area (Å²) in [6.07, 6.45) is 3.21. The summed E-state index contributed by atoms with van der Waals surface area (Å²) < 4.78 is 6.37. The first-order valence-electron chi connectivity index (χ1n) is 4.39. The van der Waals surface area contributed by atoms with E-state index in [1.165, 1.54) is 0 Å². The molecule has 0 aliphatic rings. The minimum Gasteiger partial charge on any atom is -0.454 e. The van der Waals surface area contributed by atoms with Crippen molar-refractivity contribution in [3.8, 4) is 11.5 Å². The van der Waals surface area contributed by atoms with Gasteiger partial charge >= 0.3 is 0 Å². The first kappa shape index (κ1) is 9.98. The van der Waals surface area contributed by atoms with Gasteiger partial charge in [0.25, 0.3) is 0 Å². The number of para-hydroxylation sites is 1. The standard InChI is InChI=1S/C11H9BrN2O/c12-9-6-14-7-10(13)11(9)15-8-4-2-1-3-5-8/h1-7H,13H2. The Bertz CT molecular complexity index is 439. The second kappa shape index (κ2) is 4.31. The zero-order chi connectivity index (χ0) is 10.7. The molecule has 0 fully saturated rings. The van der Waals surface area contributed by atoms with Crippen molar-refractivity contribution in [3.05, 3.63) is 47.2 Å². The van der Waals surface area contributed by atoms with Crippen LogP contribution in [-0.2, 0) is 0 Å². The number of hydrogen-bond donors (Lipinski definition) is 1. The largest absolute Gasteiger partial charge is 0.454 e. The minimum absolute atomic E-state index is 0.508. The molecule has 2 N–H and O–H groups in total. The molecule has 3 nitrogen and oxygen atoms in total. The van der Waals surface area contributed by atoms with Gasteiger partial charge in [0.05, 0.1) is 16.4 Å². The normalized spacial score (nSPS) is 9.93. The van der Waals surface area contributed by atoms with Crippen LogP contribution in [0.1, 0.15) is 0 Å². The molecule has 15 heavy (non-hydrogen) atoms. The Morgan fingerprint density at radius 2 is 1.87 bits per heavy atom. The van der Waals surface area contributed by atoms with E-state index in [1.807, 2.05) is 30.3 Å². The molecule has 0 amide bonds. The molecule has 0 saturated carbocycles. The highest BCUT2D eigenvalue weighted by molar-refractivity contribution is 9.10. The lowest BCUT2D eigenvalue weighted by Crippen LogP contribution is -1.93. The van der Waals surface area contributed by atoms with Crippen molar-refractivity contribution in [2.45, 2.75) is 0 Å². The number of pyridine rings is 1. The van der Waals surface area contributed by atoms with E-state index in [2.05, 4.69) is 20.9 Å². The highest BCUT2D eigenvalue weighted by atomic mass is 79.9. The Balaban J connectivity index is 2.32. The number of rotatable bonds is 2. The fourth-order valence-electron chi connectivity index (χ4n) is 1.15. The van der Waals surface area contributed by atoms with Crippen LogP contribution in [0, 0.1) is 0 Å². The maximum atomic E-state index is 5.75. The number of anilines is 1. The highest BCUT2D eigenvalue weighted by Crippen LogP contribution is 2.33. The van der Waals surface area contributed by atoms with Crippen LogP contribution in [0.15, 0.2) is 47.2 Å². The third-order valence-electron chi connectivity index (χ3n) is 1.84. The number of nitrogens with two attached hydrogens (primary N) is 1.